The monoisotopic (exact) mass is 301 g/mol. The number of aliphatic carboxylic acids is 1. The number of likely N-dealkylation sites (N-methyl/N-ethyl adjacent to an activating group) is 1. The minimum absolute atomic E-state index is 0.0367. The number of carboxylic acid groups (broad SMARTS) is 1. The number of anilines is 1. The molecule has 0 saturated heterocycles. The number of nitrogens with zero attached hydrogens (tertiary/aromatic N) is 2. The van der Waals surface area contributed by atoms with Gasteiger partial charge in [0, 0.05) is 13.1 Å². The van der Waals surface area contributed by atoms with Crippen LogP contribution in [0.1, 0.15) is 5.76 Å². The van der Waals surface area contributed by atoms with Gasteiger partial charge in [-0.05, 0) is 6.92 Å². The number of nitrogens with one attached hydrogen (secondary N) is 1. The molecule has 0 aromatic carbocycles. The number of thioether (sulfide) groups is 1. The maximum atomic E-state index is 11.5. The second-order valence-electron chi connectivity index (χ2n) is 4.01. The third kappa shape index (κ3) is 5.74. The molecule has 0 saturated carbocycles. The molecule has 8 nitrogen and oxygen atoms in total. The van der Waals surface area contributed by atoms with E-state index in [2.05, 4.69) is 10.5 Å². The van der Waals surface area contributed by atoms with Crippen molar-refractivity contribution in [3.8, 4) is 0 Å². The normalized spacial score (nSPS) is 10.1. The molecule has 20 heavy (non-hydrogen) atoms. The van der Waals surface area contributed by atoms with Crippen LogP contribution in [0.4, 0.5) is 5.82 Å². The first-order valence-corrected chi connectivity index (χ1v) is 6.80. The van der Waals surface area contributed by atoms with Gasteiger partial charge >= 0.3 is 5.97 Å². The number of rotatable bonds is 7. The van der Waals surface area contributed by atoms with Crippen LogP contribution in [0.2, 0.25) is 0 Å². The van der Waals surface area contributed by atoms with Crippen LogP contribution in [0.5, 0.6) is 0 Å². The molecule has 0 bridgehead atoms. The van der Waals surface area contributed by atoms with Gasteiger partial charge in [-0.3, -0.25) is 14.4 Å². The summed E-state index contributed by atoms with van der Waals surface area (Å²) in [4.78, 5) is 34.5. The molecule has 0 spiro atoms. The standard InChI is InChI=1S/C11H15N3O5S/c1-7-3-8(13-19-7)12-9(15)5-20-6-10(16)14(2)4-11(17)18/h3H,4-6H2,1-2H3,(H,17,18)(H,12,13,15). The Morgan fingerprint density at radius 3 is 2.70 bits per heavy atom. The quantitative estimate of drug-likeness (QED) is 0.739. The van der Waals surface area contributed by atoms with Gasteiger partial charge in [-0.25, -0.2) is 0 Å². The zero-order chi connectivity index (χ0) is 15.1. The summed E-state index contributed by atoms with van der Waals surface area (Å²) in [6, 6.07) is 1.58. The van der Waals surface area contributed by atoms with Gasteiger partial charge in [0.2, 0.25) is 11.8 Å². The summed E-state index contributed by atoms with van der Waals surface area (Å²) in [6.07, 6.45) is 0. The van der Waals surface area contributed by atoms with Gasteiger partial charge in [0.05, 0.1) is 11.5 Å². The van der Waals surface area contributed by atoms with E-state index < -0.39 is 5.97 Å². The van der Waals surface area contributed by atoms with Gasteiger partial charge in [0.1, 0.15) is 12.3 Å². The Bertz CT molecular complexity index is 502. The Labute approximate surface area is 119 Å². The van der Waals surface area contributed by atoms with Crippen LogP contribution < -0.4 is 5.32 Å². The van der Waals surface area contributed by atoms with Gasteiger partial charge < -0.3 is 19.8 Å². The van der Waals surface area contributed by atoms with Crippen molar-refractivity contribution in [2.24, 2.45) is 0 Å². The van der Waals surface area contributed by atoms with Crippen molar-refractivity contribution in [3.63, 3.8) is 0 Å². The highest BCUT2D eigenvalue weighted by Crippen LogP contribution is 2.08. The summed E-state index contributed by atoms with van der Waals surface area (Å²) in [5.74, 6) is -0.724. The highest BCUT2D eigenvalue weighted by atomic mass is 32.2. The third-order valence-corrected chi connectivity index (χ3v) is 3.07. The molecule has 0 radical (unpaired) electrons. The number of carboxylic acids is 1. The molecule has 2 N–H and O–H groups in total. The van der Waals surface area contributed by atoms with Crippen molar-refractivity contribution < 1.29 is 24.0 Å². The topological polar surface area (TPSA) is 113 Å². The Balaban J connectivity index is 2.24. The summed E-state index contributed by atoms with van der Waals surface area (Å²) in [7, 11) is 1.40. The van der Waals surface area contributed by atoms with Crippen LogP contribution in [0.25, 0.3) is 0 Å². The fourth-order valence-electron chi connectivity index (χ4n) is 1.24. The number of carbonyl (C=O) groups excluding carboxylic acids is 2. The van der Waals surface area contributed by atoms with E-state index in [1.807, 2.05) is 0 Å². The predicted octanol–water partition coefficient (Wildman–Crippen LogP) is 0.198. The van der Waals surface area contributed by atoms with Crippen LogP contribution in [0, 0.1) is 6.92 Å². The lowest BCUT2D eigenvalue weighted by molar-refractivity contribution is -0.142. The maximum Gasteiger partial charge on any atom is 0.323 e. The second kappa shape index (κ2) is 7.53. The van der Waals surface area contributed by atoms with E-state index in [-0.39, 0.29) is 29.9 Å². The fourth-order valence-corrected chi connectivity index (χ4v) is 1.99. The lowest BCUT2D eigenvalue weighted by Gasteiger charge is -2.13. The van der Waals surface area contributed by atoms with Crippen molar-refractivity contribution in [2.45, 2.75) is 6.92 Å². The first kappa shape index (κ1) is 16.0. The Kier molecular flexibility index (Phi) is 6.04. The van der Waals surface area contributed by atoms with Crippen LogP contribution >= 0.6 is 11.8 Å². The molecule has 9 heteroatoms. The van der Waals surface area contributed by atoms with Crippen LogP contribution in [0.15, 0.2) is 10.6 Å². The van der Waals surface area contributed by atoms with Gasteiger partial charge in [0.25, 0.3) is 0 Å². The lowest BCUT2D eigenvalue weighted by atomic mass is 10.5. The molecule has 110 valence electrons. The average Bonchev–Trinajstić information content (AvgIpc) is 2.73. The van der Waals surface area contributed by atoms with Crippen molar-refractivity contribution in [3.05, 3.63) is 11.8 Å². The number of carbonyl (C=O) groups is 3. The summed E-state index contributed by atoms with van der Waals surface area (Å²) in [6.45, 7) is 1.35. The molecule has 1 aromatic rings. The Morgan fingerprint density at radius 2 is 2.15 bits per heavy atom. The van der Waals surface area contributed by atoms with Crippen molar-refractivity contribution in [1.29, 1.82) is 0 Å². The molecule has 1 rings (SSSR count). The second-order valence-corrected chi connectivity index (χ2v) is 4.99. The van der Waals surface area contributed by atoms with E-state index in [0.29, 0.717) is 11.6 Å². The van der Waals surface area contributed by atoms with Gasteiger partial charge in [-0.15, -0.1) is 11.8 Å². The van der Waals surface area contributed by atoms with Crippen molar-refractivity contribution in [2.75, 3.05) is 30.4 Å². The number of amides is 2. The molecular formula is C11H15N3O5S. The molecular weight excluding hydrogens is 286 g/mol. The SMILES string of the molecule is Cc1cc(NC(=O)CSCC(=O)N(C)CC(=O)O)no1. The van der Waals surface area contributed by atoms with E-state index >= 15 is 0 Å². The molecule has 1 heterocycles. The number of aryl methyl sites for hydroxylation is 1. The molecule has 0 aliphatic heterocycles. The molecule has 0 atom stereocenters. The molecule has 0 fully saturated rings. The maximum absolute atomic E-state index is 11.5. The first-order valence-electron chi connectivity index (χ1n) is 5.65. The van der Waals surface area contributed by atoms with Gasteiger partial charge in [-0.2, -0.15) is 0 Å². The van der Waals surface area contributed by atoms with E-state index in [1.54, 1.807) is 13.0 Å². The summed E-state index contributed by atoms with van der Waals surface area (Å²) in [5.41, 5.74) is 0. The van der Waals surface area contributed by atoms with E-state index in [4.69, 9.17) is 9.63 Å². The largest absolute Gasteiger partial charge is 0.480 e. The zero-order valence-corrected chi connectivity index (χ0v) is 11.9. The summed E-state index contributed by atoms with van der Waals surface area (Å²) >= 11 is 1.10. The van der Waals surface area contributed by atoms with Crippen LogP contribution in [-0.2, 0) is 14.4 Å². The number of hydrogen-bond donors (Lipinski definition) is 2. The number of aromatic nitrogens is 1. The van der Waals surface area contributed by atoms with E-state index in [0.717, 1.165) is 16.7 Å². The van der Waals surface area contributed by atoms with Crippen molar-refractivity contribution in [1.82, 2.24) is 10.1 Å². The average molecular weight is 301 g/mol. The predicted molar refractivity (Wildman–Crippen MR) is 72.5 cm³/mol. The Morgan fingerprint density at radius 1 is 1.45 bits per heavy atom. The Hall–Kier alpha value is -2.03. The van der Waals surface area contributed by atoms with Gasteiger partial charge in [-0.1, -0.05) is 5.16 Å². The fraction of sp³-hybridized carbons (Fsp3) is 0.455. The zero-order valence-electron chi connectivity index (χ0n) is 11.1. The van der Waals surface area contributed by atoms with Gasteiger partial charge in [0.15, 0.2) is 5.82 Å². The smallest absolute Gasteiger partial charge is 0.323 e. The molecule has 0 aliphatic carbocycles. The number of hydrogen-bond acceptors (Lipinski definition) is 6. The minimum Gasteiger partial charge on any atom is -0.480 e. The van der Waals surface area contributed by atoms with Crippen molar-refractivity contribution >= 4 is 35.4 Å². The first-order chi connectivity index (χ1) is 9.38. The molecule has 0 aliphatic rings. The molecule has 0 unspecified atom stereocenters. The summed E-state index contributed by atoms with van der Waals surface area (Å²) in [5, 5.41) is 14.6. The lowest BCUT2D eigenvalue weighted by Crippen LogP contribution is -2.33. The van der Waals surface area contributed by atoms with E-state index in [1.165, 1.54) is 7.05 Å². The molecule has 2 amide bonds. The van der Waals surface area contributed by atoms with Crippen LogP contribution in [-0.4, -0.2) is 58.0 Å². The minimum atomic E-state index is -1.08. The van der Waals surface area contributed by atoms with Crippen LogP contribution in [0.3, 0.4) is 0 Å². The van der Waals surface area contributed by atoms with E-state index in [9.17, 15) is 14.4 Å². The third-order valence-electron chi connectivity index (χ3n) is 2.15. The molecule has 1 aromatic heterocycles. The highest BCUT2D eigenvalue weighted by Gasteiger charge is 2.13. The highest BCUT2D eigenvalue weighted by molar-refractivity contribution is 8.00. The summed E-state index contributed by atoms with van der Waals surface area (Å²) < 4.78 is 4.79.